The number of nitrogens with two attached hydrogens (primary N) is 1. The molecule has 0 saturated carbocycles. The number of carbonyl (C=O) groups excluding carboxylic acids is 1. The van der Waals surface area contributed by atoms with Gasteiger partial charge in [-0.25, -0.2) is 4.79 Å². The lowest BCUT2D eigenvalue weighted by Gasteiger charge is -2.39. The molecule has 0 unspecified atom stereocenters. The fraction of sp³-hybridized carbons (Fsp3) is 0.909. The second-order valence-corrected chi connectivity index (χ2v) is 4.73. The normalized spacial score (nSPS) is 20.2. The van der Waals surface area contributed by atoms with E-state index < -0.39 is 11.7 Å². The van der Waals surface area contributed by atoms with Gasteiger partial charge in [0.15, 0.2) is 0 Å². The highest BCUT2D eigenvalue weighted by molar-refractivity contribution is 5.65. The Hall–Kier alpha value is -0.770. The van der Waals surface area contributed by atoms with Crippen LogP contribution in [0.25, 0.3) is 0 Å². The fourth-order valence-corrected chi connectivity index (χ4v) is 2.29. The summed E-state index contributed by atoms with van der Waals surface area (Å²) in [7, 11) is 0. The molecule has 0 spiro atoms. The Balaban J connectivity index is 2.47. The lowest BCUT2D eigenvalue weighted by Crippen LogP contribution is -2.45. The molecule has 1 fully saturated rings. The molecule has 0 atom stereocenters. The van der Waals surface area contributed by atoms with E-state index in [1.54, 1.807) is 0 Å². The van der Waals surface area contributed by atoms with Gasteiger partial charge in [-0.15, -0.1) is 0 Å². The van der Waals surface area contributed by atoms with Gasteiger partial charge in [0.25, 0.3) is 0 Å². The number of primary amides is 1. The second-order valence-electron chi connectivity index (χ2n) is 4.73. The van der Waals surface area contributed by atoms with Gasteiger partial charge in [-0.3, -0.25) is 0 Å². The van der Waals surface area contributed by atoms with Crippen LogP contribution in [0.5, 0.6) is 0 Å². The molecule has 15 heavy (non-hydrogen) atoms. The summed E-state index contributed by atoms with van der Waals surface area (Å²) >= 11 is 0. The molecule has 88 valence electrons. The Morgan fingerprint density at radius 2 is 2.00 bits per heavy atom. The Morgan fingerprint density at radius 3 is 2.40 bits per heavy atom. The molecule has 0 radical (unpaired) electrons. The van der Waals surface area contributed by atoms with Crippen LogP contribution in [0.4, 0.5) is 4.79 Å². The molecule has 0 bridgehead atoms. The maximum Gasteiger partial charge on any atom is 0.405 e. The highest BCUT2D eigenvalue weighted by Gasteiger charge is 2.34. The van der Waals surface area contributed by atoms with Gasteiger partial charge >= 0.3 is 6.09 Å². The molecule has 0 aromatic rings. The van der Waals surface area contributed by atoms with E-state index in [9.17, 15) is 4.79 Å². The van der Waals surface area contributed by atoms with Crippen LogP contribution < -0.4 is 5.73 Å². The van der Waals surface area contributed by atoms with Crippen molar-refractivity contribution in [3.8, 4) is 0 Å². The van der Waals surface area contributed by atoms with Crippen molar-refractivity contribution in [2.24, 2.45) is 11.7 Å². The van der Waals surface area contributed by atoms with Crippen LogP contribution in [-0.2, 0) is 4.74 Å². The van der Waals surface area contributed by atoms with E-state index in [-0.39, 0.29) is 0 Å². The van der Waals surface area contributed by atoms with Crippen molar-refractivity contribution in [2.45, 2.75) is 39.2 Å². The SMILES string of the molecule is CCN1CCC(C(C)(C)OC(N)=O)CC1. The largest absolute Gasteiger partial charge is 0.443 e. The lowest BCUT2D eigenvalue weighted by molar-refractivity contribution is -0.0237. The van der Waals surface area contributed by atoms with Crippen LogP contribution in [0.3, 0.4) is 0 Å². The number of rotatable bonds is 3. The molecule has 0 aromatic carbocycles. The predicted molar refractivity (Wildman–Crippen MR) is 59.6 cm³/mol. The third kappa shape index (κ3) is 3.38. The van der Waals surface area contributed by atoms with Crippen LogP contribution in [0.2, 0.25) is 0 Å². The van der Waals surface area contributed by atoms with Gasteiger partial charge in [0.1, 0.15) is 5.60 Å². The fourth-order valence-electron chi connectivity index (χ4n) is 2.29. The van der Waals surface area contributed by atoms with Crippen LogP contribution in [-0.4, -0.2) is 36.2 Å². The van der Waals surface area contributed by atoms with Gasteiger partial charge in [-0.2, -0.15) is 0 Å². The molecule has 2 N–H and O–H groups in total. The van der Waals surface area contributed by atoms with Crippen molar-refractivity contribution in [1.29, 1.82) is 0 Å². The zero-order chi connectivity index (χ0) is 11.5. The third-order valence-electron chi connectivity index (χ3n) is 3.38. The number of piperidine rings is 1. The van der Waals surface area contributed by atoms with Gasteiger partial charge in [0.2, 0.25) is 0 Å². The molecule has 1 saturated heterocycles. The Bertz CT molecular complexity index is 221. The van der Waals surface area contributed by atoms with Gasteiger partial charge in [-0.05, 0) is 46.3 Å². The molecule has 1 amide bonds. The zero-order valence-electron chi connectivity index (χ0n) is 9.95. The predicted octanol–water partition coefficient (Wildman–Crippen LogP) is 1.59. The minimum Gasteiger partial charge on any atom is -0.443 e. The second kappa shape index (κ2) is 4.84. The van der Waals surface area contributed by atoms with E-state index in [0.717, 1.165) is 32.5 Å². The lowest BCUT2D eigenvalue weighted by atomic mass is 9.83. The smallest absolute Gasteiger partial charge is 0.405 e. The third-order valence-corrected chi connectivity index (χ3v) is 3.38. The first-order valence-electron chi connectivity index (χ1n) is 5.66. The van der Waals surface area contributed by atoms with Crippen LogP contribution >= 0.6 is 0 Å². The topological polar surface area (TPSA) is 55.6 Å². The Labute approximate surface area is 91.8 Å². The number of nitrogens with zero attached hydrogens (tertiary/aromatic N) is 1. The number of ether oxygens (including phenoxy) is 1. The summed E-state index contributed by atoms with van der Waals surface area (Å²) in [6, 6.07) is 0. The molecule has 4 heteroatoms. The number of hydrogen-bond acceptors (Lipinski definition) is 3. The minimum absolute atomic E-state index is 0.424. The van der Waals surface area contributed by atoms with Gasteiger partial charge < -0.3 is 15.4 Å². The number of carbonyl (C=O) groups is 1. The molecular weight excluding hydrogens is 192 g/mol. The minimum atomic E-state index is -0.669. The van der Waals surface area contributed by atoms with Crippen LogP contribution in [0.1, 0.15) is 33.6 Å². The standard InChI is InChI=1S/C11H22N2O2/c1-4-13-7-5-9(6-8-13)11(2,3)15-10(12)14/h9H,4-8H2,1-3H3,(H2,12,14). The monoisotopic (exact) mass is 214 g/mol. The van der Waals surface area contributed by atoms with Gasteiger partial charge in [-0.1, -0.05) is 6.92 Å². The van der Waals surface area contributed by atoms with Crippen molar-refractivity contribution in [1.82, 2.24) is 4.90 Å². The maximum absolute atomic E-state index is 10.8. The highest BCUT2D eigenvalue weighted by atomic mass is 16.6. The molecule has 1 aliphatic heterocycles. The number of amides is 1. The number of hydrogen-bond donors (Lipinski definition) is 1. The average molecular weight is 214 g/mol. The summed E-state index contributed by atoms with van der Waals surface area (Å²) < 4.78 is 5.17. The first-order valence-corrected chi connectivity index (χ1v) is 5.66. The van der Waals surface area contributed by atoms with Crippen molar-refractivity contribution in [2.75, 3.05) is 19.6 Å². The molecule has 0 aromatic heterocycles. The van der Waals surface area contributed by atoms with Crippen molar-refractivity contribution < 1.29 is 9.53 Å². The summed E-state index contributed by atoms with van der Waals surface area (Å²) in [6.45, 7) is 9.35. The van der Waals surface area contributed by atoms with E-state index in [4.69, 9.17) is 10.5 Å². The summed E-state index contributed by atoms with van der Waals surface area (Å²) in [6.07, 6.45) is 1.49. The molecular formula is C11H22N2O2. The highest BCUT2D eigenvalue weighted by Crippen LogP contribution is 2.30. The van der Waals surface area contributed by atoms with E-state index in [1.807, 2.05) is 13.8 Å². The van der Waals surface area contributed by atoms with E-state index in [1.165, 1.54) is 0 Å². The molecule has 1 rings (SSSR count). The summed E-state index contributed by atoms with van der Waals surface area (Å²) in [4.78, 5) is 13.2. The summed E-state index contributed by atoms with van der Waals surface area (Å²) in [5.41, 5.74) is 4.64. The summed E-state index contributed by atoms with van der Waals surface area (Å²) in [5, 5.41) is 0. The van der Waals surface area contributed by atoms with Crippen molar-refractivity contribution in [3.63, 3.8) is 0 Å². The maximum atomic E-state index is 10.8. The number of likely N-dealkylation sites (tertiary alicyclic amines) is 1. The molecule has 4 nitrogen and oxygen atoms in total. The first-order chi connectivity index (χ1) is 6.95. The Morgan fingerprint density at radius 1 is 1.47 bits per heavy atom. The molecule has 1 aliphatic rings. The summed E-state index contributed by atoms with van der Waals surface area (Å²) in [5.74, 6) is 0.424. The first kappa shape index (κ1) is 12.3. The quantitative estimate of drug-likeness (QED) is 0.776. The van der Waals surface area contributed by atoms with Crippen molar-refractivity contribution in [3.05, 3.63) is 0 Å². The van der Waals surface area contributed by atoms with Crippen LogP contribution in [0.15, 0.2) is 0 Å². The van der Waals surface area contributed by atoms with E-state index in [0.29, 0.717) is 5.92 Å². The van der Waals surface area contributed by atoms with E-state index >= 15 is 0 Å². The van der Waals surface area contributed by atoms with Gasteiger partial charge in [0.05, 0.1) is 0 Å². The average Bonchev–Trinajstić information content (AvgIpc) is 2.16. The molecule has 0 aliphatic carbocycles. The molecule has 1 heterocycles. The van der Waals surface area contributed by atoms with E-state index in [2.05, 4.69) is 11.8 Å². The van der Waals surface area contributed by atoms with Crippen molar-refractivity contribution >= 4 is 6.09 Å². The Kier molecular flexibility index (Phi) is 3.97. The van der Waals surface area contributed by atoms with Gasteiger partial charge in [0, 0.05) is 5.92 Å². The van der Waals surface area contributed by atoms with Crippen LogP contribution in [0, 0.1) is 5.92 Å². The zero-order valence-corrected chi connectivity index (χ0v) is 9.95.